The average molecular weight is 313 g/mol. The Morgan fingerprint density at radius 3 is 2.78 bits per heavy atom. The second kappa shape index (κ2) is 5.62. The highest BCUT2D eigenvalue weighted by atomic mass is 19.1. The summed E-state index contributed by atoms with van der Waals surface area (Å²) in [7, 11) is 0. The minimum atomic E-state index is -0.413. The van der Waals surface area contributed by atoms with Gasteiger partial charge >= 0.3 is 0 Å². The molecular weight excluding hydrogens is 293 g/mol. The van der Waals surface area contributed by atoms with E-state index in [0.717, 1.165) is 19.6 Å². The number of nitrogens with zero attached hydrogens (tertiary/aromatic N) is 1. The van der Waals surface area contributed by atoms with Crippen molar-refractivity contribution in [3.05, 3.63) is 65.5 Å². The molecule has 3 nitrogen and oxygen atoms in total. The van der Waals surface area contributed by atoms with E-state index in [4.69, 9.17) is 4.74 Å². The van der Waals surface area contributed by atoms with Crippen LogP contribution in [-0.4, -0.2) is 36.3 Å². The highest BCUT2D eigenvalue weighted by Crippen LogP contribution is 2.50. The Morgan fingerprint density at radius 1 is 1.17 bits per heavy atom. The molecule has 0 aliphatic carbocycles. The molecule has 0 aromatic heterocycles. The molecule has 0 saturated carbocycles. The summed E-state index contributed by atoms with van der Waals surface area (Å²) in [6.45, 7) is 2.72. The lowest BCUT2D eigenvalue weighted by Crippen LogP contribution is -2.42. The fraction of sp³-hybridized carbons (Fsp3) is 0.368. The van der Waals surface area contributed by atoms with Crippen LogP contribution in [0.4, 0.5) is 4.39 Å². The number of rotatable bonds is 3. The van der Waals surface area contributed by atoms with Gasteiger partial charge in [0.15, 0.2) is 0 Å². The summed E-state index contributed by atoms with van der Waals surface area (Å²) < 4.78 is 20.2. The number of aliphatic hydroxyl groups excluding tert-OH is 1. The molecular formula is C19H20FNO2. The monoisotopic (exact) mass is 313 g/mol. The molecule has 2 atom stereocenters. The van der Waals surface area contributed by atoms with E-state index in [1.807, 2.05) is 24.3 Å². The predicted molar refractivity (Wildman–Crippen MR) is 85.9 cm³/mol. The second-order valence-corrected chi connectivity index (χ2v) is 6.67. The van der Waals surface area contributed by atoms with Gasteiger partial charge in [0.1, 0.15) is 11.6 Å². The first kappa shape index (κ1) is 14.7. The normalized spacial score (nSPS) is 26.4. The first-order valence-corrected chi connectivity index (χ1v) is 8.00. The molecule has 0 amide bonds. The van der Waals surface area contributed by atoms with Crippen molar-refractivity contribution in [3.8, 4) is 5.75 Å². The van der Waals surface area contributed by atoms with Gasteiger partial charge in [0.25, 0.3) is 0 Å². The number of benzene rings is 2. The SMILES string of the molecule is OC[C@]12COc3cccc(F)c3[C@H]1CN(Cc1ccccc1)C2. The van der Waals surface area contributed by atoms with E-state index in [9.17, 15) is 9.50 Å². The minimum Gasteiger partial charge on any atom is -0.492 e. The summed E-state index contributed by atoms with van der Waals surface area (Å²) in [6.07, 6.45) is 0. The zero-order valence-corrected chi connectivity index (χ0v) is 12.9. The largest absolute Gasteiger partial charge is 0.492 e. The molecule has 0 unspecified atom stereocenters. The Morgan fingerprint density at radius 2 is 2.00 bits per heavy atom. The summed E-state index contributed by atoms with van der Waals surface area (Å²) in [5.74, 6) is 0.369. The molecule has 0 bridgehead atoms. The topological polar surface area (TPSA) is 32.7 Å². The lowest BCUT2D eigenvalue weighted by molar-refractivity contribution is 0.0443. The average Bonchev–Trinajstić information content (AvgIpc) is 2.94. The molecule has 120 valence electrons. The molecule has 2 aromatic carbocycles. The van der Waals surface area contributed by atoms with E-state index >= 15 is 0 Å². The summed E-state index contributed by atoms with van der Waals surface area (Å²) in [6, 6.07) is 15.2. The van der Waals surface area contributed by atoms with Crippen LogP contribution < -0.4 is 4.74 Å². The fourth-order valence-corrected chi connectivity index (χ4v) is 3.99. The maximum atomic E-state index is 14.4. The van der Waals surface area contributed by atoms with Crippen molar-refractivity contribution in [1.82, 2.24) is 4.90 Å². The number of likely N-dealkylation sites (tertiary alicyclic amines) is 1. The zero-order chi connectivity index (χ0) is 15.9. The maximum Gasteiger partial charge on any atom is 0.130 e. The van der Waals surface area contributed by atoms with Crippen LogP contribution in [-0.2, 0) is 6.54 Å². The molecule has 1 N–H and O–H groups in total. The molecule has 2 heterocycles. The summed E-state index contributed by atoms with van der Waals surface area (Å²) in [4.78, 5) is 2.29. The number of hydrogen-bond donors (Lipinski definition) is 1. The summed E-state index contributed by atoms with van der Waals surface area (Å²) in [5, 5.41) is 10.0. The molecule has 2 aliphatic heterocycles. The molecule has 0 radical (unpaired) electrons. The number of hydrogen-bond acceptors (Lipinski definition) is 3. The van der Waals surface area contributed by atoms with E-state index in [-0.39, 0.29) is 18.3 Å². The third-order valence-electron chi connectivity index (χ3n) is 5.16. The Bertz CT molecular complexity index is 706. The molecule has 2 aromatic rings. The highest BCUT2D eigenvalue weighted by Gasteiger charge is 2.51. The van der Waals surface area contributed by atoms with E-state index in [0.29, 0.717) is 17.9 Å². The van der Waals surface area contributed by atoms with Crippen molar-refractivity contribution in [2.24, 2.45) is 5.41 Å². The molecule has 23 heavy (non-hydrogen) atoms. The van der Waals surface area contributed by atoms with Crippen LogP contribution in [0.5, 0.6) is 5.75 Å². The van der Waals surface area contributed by atoms with E-state index in [1.165, 1.54) is 11.6 Å². The Hall–Kier alpha value is -1.91. The fourth-order valence-electron chi connectivity index (χ4n) is 3.99. The third-order valence-corrected chi connectivity index (χ3v) is 5.16. The van der Waals surface area contributed by atoms with E-state index in [2.05, 4.69) is 17.0 Å². The first-order chi connectivity index (χ1) is 11.2. The molecule has 2 aliphatic rings. The standard InChI is InChI=1S/C19H20FNO2/c20-16-7-4-8-17-18(16)15-10-21(9-14-5-2-1-3-6-14)11-19(15,12-22)13-23-17/h1-8,15,22H,9-13H2/t15-,19-/m1/s1. The molecule has 0 spiro atoms. The van der Waals surface area contributed by atoms with Crippen LogP contribution in [0.15, 0.2) is 48.5 Å². The van der Waals surface area contributed by atoms with Gasteiger partial charge in [-0.15, -0.1) is 0 Å². The number of aliphatic hydroxyl groups is 1. The van der Waals surface area contributed by atoms with Gasteiger partial charge in [-0.05, 0) is 17.7 Å². The maximum absolute atomic E-state index is 14.4. The molecule has 1 saturated heterocycles. The van der Waals surface area contributed by atoms with Crippen LogP contribution >= 0.6 is 0 Å². The van der Waals surface area contributed by atoms with Crippen molar-refractivity contribution >= 4 is 0 Å². The van der Waals surface area contributed by atoms with Crippen LogP contribution in [0.2, 0.25) is 0 Å². The van der Waals surface area contributed by atoms with Crippen LogP contribution in [0.1, 0.15) is 17.0 Å². The summed E-state index contributed by atoms with van der Waals surface area (Å²) >= 11 is 0. The van der Waals surface area contributed by atoms with Crippen molar-refractivity contribution in [1.29, 1.82) is 0 Å². The van der Waals surface area contributed by atoms with Crippen molar-refractivity contribution in [3.63, 3.8) is 0 Å². The van der Waals surface area contributed by atoms with Gasteiger partial charge in [-0.1, -0.05) is 36.4 Å². The van der Waals surface area contributed by atoms with Crippen LogP contribution in [0.25, 0.3) is 0 Å². The predicted octanol–water partition coefficient (Wildman–Crippen LogP) is 2.80. The quantitative estimate of drug-likeness (QED) is 0.946. The highest BCUT2D eigenvalue weighted by molar-refractivity contribution is 5.42. The van der Waals surface area contributed by atoms with Crippen molar-refractivity contribution in [2.45, 2.75) is 12.5 Å². The number of halogens is 1. The Balaban J connectivity index is 1.65. The second-order valence-electron chi connectivity index (χ2n) is 6.67. The van der Waals surface area contributed by atoms with Gasteiger partial charge in [0.05, 0.1) is 13.2 Å². The van der Waals surface area contributed by atoms with Crippen molar-refractivity contribution < 1.29 is 14.2 Å². The van der Waals surface area contributed by atoms with Gasteiger partial charge in [0, 0.05) is 36.5 Å². The Kier molecular flexibility index (Phi) is 3.58. The lowest BCUT2D eigenvalue weighted by Gasteiger charge is -2.38. The summed E-state index contributed by atoms with van der Waals surface area (Å²) in [5.41, 5.74) is 1.45. The number of ether oxygens (including phenoxy) is 1. The molecule has 4 rings (SSSR count). The molecule has 1 fully saturated rings. The van der Waals surface area contributed by atoms with Crippen LogP contribution in [0, 0.1) is 11.2 Å². The van der Waals surface area contributed by atoms with Gasteiger partial charge in [-0.3, -0.25) is 4.90 Å². The van der Waals surface area contributed by atoms with E-state index in [1.54, 1.807) is 6.07 Å². The smallest absolute Gasteiger partial charge is 0.130 e. The van der Waals surface area contributed by atoms with Gasteiger partial charge in [-0.2, -0.15) is 0 Å². The minimum absolute atomic E-state index is 0.0106. The number of fused-ring (bicyclic) bond motifs is 3. The zero-order valence-electron chi connectivity index (χ0n) is 12.9. The Labute approximate surface area is 135 Å². The van der Waals surface area contributed by atoms with Gasteiger partial charge in [0.2, 0.25) is 0 Å². The van der Waals surface area contributed by atoms with Gasteiger partial charge < -0.3 is 9.84 Å². The third kappa shape index (κ3) is 2.42. The van der Waals surface area contributed by atoms with E-state index < -0.39 is 5.41 Å². The lowest BCUT2D eigenvalue weighted by atomic mass is 9.73. The van der Waals surface area contributed by atoms with Crippen molar-refractivity contribution in [2.75, 3.05) is 26.3 Å². The van der Waals surface area contributed by atoms with Gasteiger partial charge in [-0.25, -0.2) is 4.39 Å². The van der Waals surface area contributed by atoms with Crippen LogP contribution in [0.3, 0.4) is 0 Å². The molecule has 4 heteroatoms. The first-order valence-electron chi connectivity index (χ1n) is 8.00.